The number of Topliss-reactive ketones (excluding diaryl/α,β-unsaturated/α-hetero) is 1. The van der Waals surface area contributed by atoms with E-state index in [-0.39, 0.29) is 0 Å². The third kappa shape index (κ3) is 3.21. The zero-order valence-electron chi connectivity index (χ0n) is 12.3. The highest BCUT2D eigenvalue weighted by molar-refractivity contribution is 5.81. The molecule has 108 valence electrons. The van der Waals surface area contributed by atoms with Crippen LogP contribution in [0.2, 0.25) is 0 Å². The van der Waals surface area contributed by atoms with Crippen LogP contribution >= 0.6 is 0 Å². The van der Waals surface area contributed by atoms with E-state index in [9.17, 15) is 4.79 Å². The zero-order valence-corrected chi connectivity index (χ0v) is 12.3. The van der Waals surface area contributed by atoms with Crippen LogP contribution in [0.15, 0.2) is 0 Å². The minimum absolute atomic E-state index is 0.421. The van der Waals surface area contributed by atoms with E-state index in [4.69, 9.17) is 0 Å². The maximum atomic E-state index is 12.5. The molecule has 1 aliphatic heterocycles. The molecule has 2 heteroatoms. The lowest BCUT2D eigenvalue weighted by Crippen LogP contribution is -3.18. The van der Waals surface area contributed by atoms with Crippen molar-refractivity contribution in [1.82, 2.24) is 0 Å². The van der Waals surface area contributed by atoms with Gasteiger partial charge in [0.1, 0.15) is 6.54 Å². The second-order valence-electron chi connectivity index (χ2n) is 7.18. The van der Waals surface area contributed by atoms with Crippen molar-refractivity contribution >= 4 is 5.78 Å². The molecule has 0 bridgehead atoms. The molecule has 0 spiro atoms. The monoisotopic (exact) mass is 264 g/mol. The van der Waals surface area contributed by atoms with E-state index in [1.54, 1.807) is 4.90 Å². The van der Waals surface area contributed by atoms with E-state index >= 15 is 0 Å². The van der Waals surface area contributed by atoms with E-state index in [0.29, 0.717) is 11.7 Å². The van der Waals surface area contributed by atoms with Crippen molar-refractivity contribution in [3.63, 3.8) is 0 Å². The Morgan fingerprint density at radius 2 is 1.53 bits per heavy atom. The SMILES string of the molecule is O=C(C[NH+]1CCCC2CCCCC21)C1CCCCC1. The molecule has 2 aliphatic carbocycles. The number of hydrogen-bond acceptors (Lipinski definition) is 1. The summed E-state index contributed by atoms with van der Waals surface area (Å²) in [5.41, 5.74) is 0. The quantitative estimate of drug-likeness (QED) is 0.830. The molecule has 3 fully saturated rings. The fourth-order valence-electron chi connectivity index (χ4n) is 4.88. The first-order valence-electron chi connectivity index (χ1n) is 8.72. The van der Waals surface area contributed by atoms with Crippen LogP contribution in [-0.4, -0.2) is 24.9 Å². The molecule has 1 N–H and O–H groups in total. The summed E-state index contributed by atoms with van der Waals surface area (Å²) < 4.78 is 0. The van der Waals surface area contributed by atoms with Gasteiger partial charge in [0.15, 0.2) is 5.78 Å². The van der Waals surface area contributed by atoms with Crippen LogP contribution in [0.25, 0.3) is 0 Å². The molecule has 3 rings (SSSR count). The zero-order chi connectivity index (χ0) is 13.1. The Hall–Kier alpha value is -0.370. The van der Waals surface area contributed by atoms with E-state index in [0.717, 1.165) is 18.5 Å². The standard InChI is InChI=1S/C17H29NO/c19-17(15-8-2-1-3-9-15)13-18-12-6-10-14-7-4-5-11-16(14)18/h14-16H,1-13H2/p+1. The van der Waals surface area contributed by atoms with Crippen molar-refractivity contribution in [3.05, 3.63) is 0 Å². The molecule has 3 unspecified atom stereocenters. The Morgan fingerprint density at radius 3 is 2.37 bits per heavy atom. The van der Waals surface area contributed by atoms with Crippen molar-refractivity contribution in [2.75, 3.05) is 13.1 Å². The molecule has 2 nitrogen and oxygen atoms in total. The molecule has 1 saturated heterocycles. The van der Waals surface area contributed by atoms with Crippen LogP contribution in [0.1, 0.15) is 70.6 Å². The predicted molar refractivity (Wildman–Crippen MR) is 77.3 cm³/mol. The highest BCUT2D eigenvalue weighted by atomic mass is 16.1. The first kappa shape index (κ1) is 13.6. The number of nitrogens with one attached hydrogen (secondary N) is 1. The molecule has 3 aliphatic rings. The van der Waals surface area contributed by atoms with Gasteiger partial charge in [0.2, 0.25) is 0 Å². The third-order valence-electron chi connectivity index (χ3n) is 5.97. The maximum Gasteiger partial charge on any atom is 0.189 e. The highest BCUT2D eigenvalue weighted by Crippen LogP contribution is 2.29. The maximum absolute atomic E-state index is 12.5. The Bertz CT molecular complexity index is 306. The number of quaternary nitrogens is 1. The molecule has 0 aromatic rings. The summed E-state index contributed by atoms with van der Waals surface area (Å²) in [6.07, 6.45) is 14.7. The van der Waals surface area contributed by atoms with E-state index in [2.05, 4.69) is 0 Å². The Morgan fingerprint density at radius 1 is 0.842 bits per heavy atom. The number of hydrogen-bond donors (Lipinski definition) is 1. The summed E-state index contributed by atoms with van der Waals surface area (Å²) in [5, 5.41) is 0. The van der Waals surface area contributed by atoms with Gasteiger partial charge in [-0.1, -0.05) is 25.7 Å². The molecule has 2 saturated carbocycles. The first-order valence-corrected chi connectivity index (χ1v) is 8.72. The first-order chi connectivity index (χ1) is 9.34. The van der Waals surface area contributed by atoms with Gasteiger partial charge in [-0.3, -0.25) is 4.79 Å². The van der Waals surface area contributed by atoms with Gasteiger partial charge in [-0.15, -0.1) is 0 Å². The molecular weight excluding hydrogens is 234 g/mol. The van der Waals surface area contributed by atoms with Gasteiger partial charge in [0.05, 0.1) is 12.6 Å². The van der Waals surface area contributed by atoms with Gasteiger partial charge in [0.25, 0.3) is 0 Å². The largest absolute Gasteiger partial charge is 0.326 e. The minimum Gasteiger partial charge on any atom is -0.326 e. The van der Waals surface area contributed by atoms with E-state index < -0.39 is 0 Å². The predicted octanol–water partition coefficient (Wildman–Crippen LogP) is 2.37. The summed E-state index contributed by atoms with van der Waals surface area (Å²) in [6, 6.07) is 0.829. The molecule has 0 radical (unpaired) electrons. The van der Waals surface area contributed by atoms with Gasteiger partial charge < -0.3 is 4.90 Å². The number of carbonyl (C=O) groups is 1. The second kappa shape index (κ2) is 6.39. The number of carbonyl (C=O) groups excluding carboxylic acids is 1. The van der Waals surface area contributed by atoms with Crippen LogP contribution in [0.3, 0.4) is 0 Å². The Kier molecular flexibility index (Phi) is 4.57. The van der Waals surface area contributed by atoms with Gasteiger partial charge in [-0.05, 0) is 44.9 Å². The smallest absolute Gasteiger partial charge is 0.189 e. The molecular formula is C17H30NO+. The lowest BCUT2D eigenvalue weighted by molar-refractivity contribution is -0.928. The van der Waals surface area contributed by atoms with Gasteiger partial charge >= 0.3 is 0 Å². The summed E-state index contributed by atoms with van der Waals surface area (Å²) in [5.74, 6) is 1.96. The minimum atomic E-state index is 0.421. The number of rotatable bonds is 3. The van der Waals surface area contributed by atoms with Crippen molar-refractivity contribution < 1.29 is 9.69 Å². The molecule has 1 heterocycles. The van der Waals surface area contributed by atoms with Crippen LogP contribution in [0.4, 0.5) is 0 Å². The van der Waals surface area contributed by atoms with Crippen LogP contribution in [0, 0.1) is 11.8 Å². The summed E-state index contributed by atoms with van der Waals surface area (Å²) in [6.45, 7) is 2.12. The average molecular weight is 264 g/mol. The number of ketones is 1. The van der Waals surface area contributed by atoms with E-state index in [1.165, 1.54) is 77.2 Å². The average Bonchev–Trinajstić information content (AvgIpc) is 2.48. The normalized spacial score (nSPS) is 36.7. The lowest BCUT2D eigenvalue weighted by atomic mass is 9.78. The van der Waals surface area contributed by atoms with Crippen molar-refractivity contribution in [1.29, 1.82) is 0 Å². The number of piperidine rings is 1. The summed E-state index contributed by atoms with van der Waals surface area (Å²) in [7, 11) is 0. The van der Waals surface area contributed by atoms with Gasteiger partial charge in [-0.25, -0.2) is 0 Å². The third-order valence-corrected chi connectivity index (χ3v) is 5.97. The lowest BCUT2D eigenvalue weighted by Gasteiger charge is -2.41. The second-order valence-corrected chi connectivity index (χ2v) is 7.18. The van der Waals surface area contributed by atoms with Crippen LogP contribution < -0.4 is 4.90 Å². The highest BCUT2D eigenvalue weighted by Gasteiger charge is 2.38. The molecule has 0 amide bonds. The number of fused-ring (bicyclic) bond motifs is 1. The van der Waals surface area contributed by atoms with Gasteiger partial charge in [-0.2, -0.15) is 0 Å². The summed E-state index contributed by atoms with van der Waals surface area (Å²) in [4.78, 5) is 14.2. The molecule has 19 heavy (non-hydrogen) atoms. The van der Waals surface area contributed by atoms with Crippen LogP contribution in [0.5, 0.6) is 0 Å². The van der Waals surface area contributed by atoms with Crippen LogP contribution in [-0.2, 0) is 4.79 Å². The molecule has 3 atom stereocenters. The number of likely N-dealkylation sites (tertiary alicyclic amines) is 1. The molecule has 0 aromatic carbocycles. The summed E-state index contributed by atoms with van der Waals surface area (Å²) >= 11 is 0. The molecule has 0 aromatic heterocycles. The topological polar surface area (TPSA) is 21.5 Å². The fourth-order valence-corrected chi connectivity index (χ4v) is 4.88. The van der Waals surface area contributed by atoms with Gasteiger partial charge in [0, 0.05) is 11.8 Å². The van der Waals surface area contributed by atoms with Crippen molar-refractivity contribution in [2.24, 2.45) is 11.8 Å². The Labute approximate surface area is 117 Å². The fraction of sp³-hybridized carbons (Fsp3) is 0.941. The van der Waals surface area contributed by atoms with Crippen molar-refractivity contribution in [2.45, 2.75) is 76.7 Å². The van der Waals surface area contributed by atoms with Crippen molar-refractivity contribution in [3.8, 4) is 0 Å². The van der Waals surface area contributed by atoms with E-state index in [1.807, 2.05) is 0 Å². The Balaban J connectivity index is 1.56.